The van der Waals surface area contributed by atoms with E-state index in [1.54, 1.807) is 10.7 Å². The molecule has 6 heteroatoms. The van der Waals surface area contributed by atoms with Gasteiger partial charge in [-0.1, -0.05) is 17.7 Å². The molecule has 1 heterocycles. The second kappa shape index (κ2) is 6.61. The van der Waals surface area contributed by atoms with Crippen LogP contribution in [-0.2, 0) is 0 Å². The maximum atomic E-state index is 13.1. The molecule has 0 aliphatic heterocycles. The van der Waals surface area contributed by atoms with Gasteiger partial charge in [0.2, 0.25) is 0 Å². The molecule has 2 rings (SSSR count). The van der Waals surface area contributed by atoms with Gasteiger partial charge in [-0.3, -0.25) is 4.68 Å². The molecule has 0 aliphatic rings. The van der Waals surface area contributed by atoms with E-state index in [1.165, 1.54) is 30.1 Å². The molecule has 0 spiro atoms. The minimum atomic E-state index is -0.749. The molecule has 0 radical (unpaired) electrons. The van der Waals surface area contributed by atoms with Gasteiger partial charge in [-0.25, -0.2) is 4.39 Å². The molecular weight excluding hydrogens is 299 g/mol. The molecule has 0 aliphatic carbocycles. The first-order valence-corrected chi connectivity index (χ1v) is 7.64. The monoisotopic (exact) mass is 314 g/mol. The zero-order chi connectivity index (χ0) is 14.7. The maximum Gasteiger partial charge on any atom is 0.124 e. The van der Waals surface area contributed by atoms with Gasteiger partial charge in [-0.2, -0.15) is 5.10 Å². The summed E-state index contributed by atoms with van der Waals surface area (Å²) >= 11 is 7.46. The van der Waals surface area contributed by atoms with E-state index >= 15 is 0 Å². The number of aliphatic hydroxyl groups excluding tert-OH is 1. The van der Waals surface area contributed by atoms with Gasteiger partial charge >= 0.3 is 0 Å². The van der Waals surface area contributed by atoms with E-state index in [1.807, 2.05) is 19.9 Å². The van der Waals surface area contributed by atoms with Crippen LogP contribution in [0.1, 0.15) is 31.7 Å². The molecule has 108 valence electrons. The Kier molecular flexibility index (Phi) is 5.07. The van der Waals surface area contributed by atoms with Gasteiger partial charge in [0, 0.05) is 16.7 Å². The van der Waals surface area contributed by atoms with Crippen LogP contribution in [0.3, 0.4) is 0 Å². The summed E-state index contributed by atoms with van der Waals surface area (Å²) in [6.45, 7) is 3.94. The largest absolute Gasteiger partial charge is 0.386 e. The Labute approximate surface area is 126 Å². The molecule has 2 aromatic rings. The van der Waals surface area contributed by atoms with Crippen molar-refractivity contribution in [2.75, 3.05) is 5.75 Å². The number of nitrogens with zero attached hydrogens (tertiary/aromatic N) is 2. The Balaban J connectivity index is 2.09. The highest BCUT2D eigenvalue weighted by Gasteiger charge is 2.19. The fraction of sp³-hybridized carbons (Fsp3) is 0.357. The van der Waals surface area contributed by atoms with E-state index in [0.29, 0.717) is 16.5 Å². The molecular formula is C14H16ClFN2OS. The average molecular weight is 315 g/mol. The Hall–Kier alpha value is -1.04. The molecule has 0 bridgehead atoms. The summed E-state index contributed by atoms with van der Waals surface area (Å²) in [7, 11) is 0. The summed E-state index contributed by atoms with van der Waals surface area (Å²) < 4.78 is 14.8. The topological polar surface area (TPSA) is 38.0 Å². The van der Waals surface area contributed by atoms with Crippen molar-refractivity contribution in [1.82, 2.24) is 9.78 Å². The molecule has 1 N–H and O–H groups in total. The lowest BCUT2D eigenvalue weighted by atomic mass is 10.2. The Morgan fingerprint density at radius 1 is 1.45 bits per heavy atom. The van der Waals surface area contributed by atoms with Crippen LogP contribution >= 0.6 is 23.4 Å². The van der Waals surface area contributed by atoms with E-state index in [0.717, 1.165) is 4.90 Å². The molecule has 1 unspecified atom stereocenters. The van der Waals surface area contributed by atoms with Crippen molar-refractivity contribution in [3.8, 4) is 0 Å². The van der Waals surface area contributed by atoms with Gasteiger partial charge in [0.05, 0.1) is 16.9 Å². The van der Waals surface area contributed by atoms with Gasteiger partial charge in [0.1, 0.15) is 11.9 Å². The van der Waals surface area contributed by atoms with Crippen LogP contribution in [0.25, 0.3) is 0 Å². The maximum absolute atomic E-state index is 13.1. The number of rotatable bonds is 5. The third kappa shape index (κ3) is 3.53. The van der Waals surface area contributed by atoms with Gasteiger partial charge in [0.15, 0.2) is 0 Å². The zero-order valence-electron chi connectivity index (χ0n) is 11.3. The number of aromatic nitrogens is 2. The Morgan fingerprint density at radius 3 is 2.85 bits per heavy atom. The predicted octanol–water partition coefficient (Wildman–Crippen LogP) is 4.08. The highest BCUT2D eigenvalue weighted by Crippen LogP contribution is 2.30. The number of aliphatic hydroxyl groups is 1. The van der Waals surface area contributed by atoms with Gasteiger partial charge < -0.3 is 5.11 Å². The fourth-order valence-electron chi connectivity index (χ4n) is 1.88. The smallest absolute Gasteiger partial charge is 0.124 e. The molecule has 0 amide bonds. The fourth-order valence-corrected chi connectivity index (χ4v) is 3.02. The lowest BCUT2D eigenvalue weighted by Gasteiger charge is -2.16. The van der Waals surface area contributed by atoms with Crippen molar-refractivity contribution in [2.45, 2.75) is 30.9 Å². The van der Waals surface area contributed by atoms with Crippen molar-refractivity contribution in [2.24, 2.45) is 0 Å². The number of benzene rings is 1. The minimum Gasteiger partial charge on any atom is -0.386 e. The molecule has 0 saturated carbocycles. The first kappa shape index (κ1) is 15.4. The van der Waals surface area contributed by atoms with E-state index < -0.39 is 6.10 Å². The van der Waals surface area contributed by atoms with E-state index in [9.17, 15) is 9.50 Å². The number of hydrogen-bond acceptors (Lipinski definition) is 3. The van der Waals surface area contributed by atoms with E-state index in [2.05, 4.69) is 5.10 Å². The van der Waals surface area contributed by atoms with Crippen molar-refractivity contribution in [3.05, 3.63) is 47.0 Å². The summed E-state index contributed by atoms with van der Waals surface area (Å²) in [5.41, 5.74) is 0.602. The summed E-state index contributed by atoms with van der Waals surface area (Å²) in [6.07, 6.45) is 0.785. The van der Waals surface area contributed by atoms with Crippen molar-refractivity contribution in [1.29, 1.82) is 0 Å². The lowest BCUT2D eigenvalue weighted by molar-refractivity contribution is 0.189. The molecule has 20 heavy (non-hydrogen) atoms. The molecule has 1 atom stereocenters. The lowest BCUT2D eigenvalue weighted by Crippen LogP contribution is -2.13. The Bertz CT molecular complexity index is 588. The third-order valence-corrected chi connectivity index (χ3v) is 4.16. The van der Waals surface area contributed by atoms with Crippen molar-refractivity contribution >= 4 is 23.4 Å². The summed E-state index contributed by atoms with van der Waals surface area (Å²) in [5.74, 6) is 0.108. The third-order valence-electron chi connectivity index (χ3n) is 2.80. The van der Waals surface area contributed by atoms with E-state index in [-0.39, 0.29) is 11.9 Å². The highest BCUT2D eigenvalue weighted by molar-refractivity contribution is 7.99. The van der Waals surface area contributed by atoms with Crippen LogP contribution < -0.4 is 0 Å². The molecule has 1 aromatic heterocycles. The molecule has 3 nitrogen and oxygen atoms in total. The quantitative estimate of drug-likeness (QED) is 0.845. The normalized spacial score (nSPS) is 12.9. The van der Waals surface area contributed by atoms with Crippen LogP contribution in [0.5, 0.6) is 0 Å². The number of halogens is 2. The van der Waals surface area contributed by atoms with Crippen LogP contribution in [0.4, 0.5) is 4.39 Å². The Morgan fingerprint density at radius 2 is 2.20 bits per heavy atom. The van der Waals surface area contributed by atoms with Gasteiger partial charge in [0.25, 0.3) is 0 Å². The zero-order valence-corrected chi connectivity index (χ0v) is 12.8. The van der Waals surface area contributed by atoms with Crippen molar-refractivity contribution in [3.63, 3.8) is 0 Å². The van der Waals surface area contributed by atoms with Crippen molar-refractivity contribution < 1.29 is 9.50 Å². The molecule has 1 aromatic carbocycles. The van der Waals surface area contributed by atoms with Gasteiger partial charge in [-0.15, -0.1) is 11.8 Å². The van der Waals surface area contributed by atoms with Crippen LogP contribution in [-0.4, -0.2) is 20.6 Å². The summed E-state index contributed by atoms with van der Waals surface area (Å²) in [5, 5.41) is 14.9. The van der Waals surface area contributed by atoms with Crippen LogP contribution in [0.15, 0.2) is 35.4 Å². The van der Waals surface area contributed by atoms with Gasteiger partial charge in [-0.05, 0) is 32.0 Å². The second-order valence-electron chi connectivity index (χ2n) is 4.70. The predicted molar refractivity (Wildman–Crippen MR) is 79.7 cm³/mol. The molecule has 0 saturated heterocycles. The van der Waals surface area contributed by atoms with E-state index in [4.69, 9.17) is 11.6 Å². The van der Waals surface area contributed by atoms with Crippen LogP contribution in [0, 0.1) is 5.82 Å². The second-order valence-corrected chi connectivity index (χ2v) is 6.20. The summed E-state index contributed by atoms with van der Waals surface area (Å²) in [4.78, 5) is 0.774. The first-order valence-electron chi connectivity index (χ1n) is 6.28. The number of hydrogen-bond donors (Lipinski definition) is 1. The minimum absolute atomic E-state index is 0.117. The SMILES string of the molecule is CC(C)n1ncc(Cl)c1C(O)CSc1cccc(F)c1. The molecule has 0 fully saturated rings. The number of thioether (sulfide) groups is 1. The van der Waals surface area contributed by atoms with Crippen LogP contribution in [0.2, 0.25) is 5.02 Å². The first-order chi connectivity index (χ1) is 9.49. The standard InChI is InChI=1S/C14H16ClFN2OS/c1-9(2)18-14(12(15)7-17-18)13(19)8-20-11-5-3-4-10(16)6-11/h3-7,9,13,19H,8H2,1-2H3. The highest BCUT2D eigenvalue weighted by atomic mass is 35.5. The average Bonchev–Trinajstić information content (AvgIpc) is 2.78. The summed E-state index contributed by atoms with van der Waals surface area (Å²) in [6, 6.07) is 6.41.